The lowest BCUT2D eigenvalue weighted by Crippen LogP contribution is -2.45. The van der Waals surface area contributed by atoms with Gasteiger partial charge in [0.15, 0.2) is 0 Å². The first-order chi connectivity index (χ1) is 15.7. The number of carbonyl (C=O) groups is 3. The number of carbonyl (C=O) groups excluding carboxylic acids is 3. The fourth-order valence-electron chi connectivity index (χ4n) is 4.15. The van der Waals surface area contributed by atoms with E-state index < -0.39 is 5.97 Å². The maximum atomic E-state index is 13.2. The van der Waals surface area contributed by atoms with Crippen LogP contribution in [0.15, 0.2) is 24.3 Å². The van der Waals surface area contributed by atoms with Crippen molar-refractivity contribution >= 4 is 17.8 Å². The van der Waals surface area contributed by atoms with Gasteiger partial charge in [0, 0.05) is 25.3 Å². The second-order valence-corrected chi connectivity index (χ2v) is 8.74. The van der Waals surface area contributed by atoms with Crippen molar-refractivity contribution in [2.75, 3.05) is 20.2 Å². The van der Waals surface area contributed by atoms with E-state index in [1.807, 2.05) is 24.3 Å². The maximum Gasteiger partial charge on any atom is 0.340 e. The van der Waals surface area contributed by atoms with Crippen LogP contribution in [0.4, 0.5) is 0 Å². The van der Waals surface area contributed by atoms with Gasteiger partial charge in [-0.2, -0.15) is 0 Å². The molecule has 1 aliphatic heterocycles. The molecule has 1 aromatic carbocycles. The molecule has 8 nitrogen and oxygen atoms in total. The second-order valence-electron chi connectivity index (χ2n) is 8.74. The molecule has 0 saturated carbocycles. The number of methoxy groups -OCH3 is 1. The zero-order chi connectivity index (χ0) is 24.1. The molecule has 0 aliphatic carbocycles. The first-order valence-corrected chi connectivity index (χ1v) is 11.3. The van der Waals surface area contributed by atoms with Crippen LogP contribution < -0.4 is 10.1 Å². The Balaban J connectivity index is 1.64. The van der Waals surface area contributed by atoms with Crippen molar-refractivity contribution in [3.63, 3.8) is 0 Å². The molecule has 2 heterocycles. The molecule has 0 spiro atoms. The summed E-state index contributed by atoms with van der Waals surface area (Å²) in [5.41, 5.74) is 2.94. The minimum absolute atomic E-state index is 0.0658. The molecule has 2 amide bonds. The van der Waals surface area contributed by atoms with Crippen molar-refractivity contribution in [2.45, 2.75) is 53.2 Å². The number of aromatic nitrogens is 1. The van der Waals surface area contributed by atoms with Gasteiger partial charge in [-0.1, -0.05) is 12.1 Å². The van der Waals surface area contributed by atoms with Gasteiger partial charge in [0.1, 0.15) is 11.4 Å². The van der Waals surface area contributed by atoms with E-state index in [0.29, 0.717) is 42.1 Å². The first kappa shape index (κ1) is 24.4. The van der Waals surface area contributed by atoms with Crippen molar-refractivity contribution in [1.29, 1.82) is 0 Å². The molecule has 33 heavy (non-hydrogen) atoms. The molecule has 0 bridgehead atoms. The zero-order valence-electron chi connectivity index (χ0n) is 20.0. The summed E-state index contributed by atoms with van der Waals surface area (Å²) in [4.78, 5) is 43.2. The van der Waals surface area contributed by atoms with Crippen molar-refractivity contribution in [3.05, 3.63) is 52.3 Å². The summed E-state index contributed by atoms with van der Waals surface area (Å²) in [6.45, 7) is 8.41. The van der Waals surface area contributed by atoms with E-state index in [1.165, 1.54) is 0 Å². The number of hydrogen-bond acceptors (Lipinski definition) is 5. The summed E-state index contributed by atoms with van der Waals surface area (Å²) in [6, 6.07) is 7.53. The number of esters is 1. The fraction of sp³-hybridized carbons (Fsp3) is 0.480. The van der Waals surface area contributed by atoms with Crippen LogP contribution in [0.3, 0.4) is 0 Å². The highest BCUT2D eigenvalue weighted by Gasteiger charge is 2.32. The number of aryl methyl sites for hydroxylation is 1. The maximum absolute atomic E-state index is 13.2. The highest BCUT2D eigenvalue weighted by atomic mass is 16.5. The first-order valence-electron chi connectivity index (χ1n) is 11.3. The van der Waals surface area contributed by atoms with Crippen LogP contribution in [-0.4, -0.2) is 54.0 Å². The summed E-state index contributed by atoms with van der Waals surface area (Å²) in [5.74, 6) is -0.217. The lowest BCUT2D eigenvalue weighted by atomic mass is 9.96. The van der Waals surface area contributed by atoms with E-state index in [-0.39, 0.29) is 23.8 Å². The van der Waals surface area contributed by atoms with Crippen LogP contribution in [0.1, 0.15) is 64.4 Å². The van der Waals surface area contributed by atoms with Gasteiger partial charge < -0.3 is 24.7 Å². The van der Waals surface area contributed by atoms with E-state index in [1.54, 1.807) is 39.7 Å². The Kier molecular flexibility index (Phi) is 7.79. The number of aromatic amines is 1. The number of piperidine rings is 1. The second kappa shape index (κ2) is 10.6. The Morgan fingerprint density at radius 2 is 1.88 bits per heavy atom. The summed E-state index contributed by atoms with van der Waals surface area (Å²) in [6.07, 6.45) is 1.23. The highest BCUT2D eigenvalue weighted by Crippen LogP contribution is 2.24. The summed E-state index contributed by atoms with van der Waals surface area (Å²) in [7, 11) is 1.61. The van der Waals surface area contributed by atoms with E-state index in [0.717, 1.165) is 24.2 Å². The highest BCUT2D eigenvalue weighted by molar-refractivity contribution is 6.00. The number of H-pyrrole nitrogens is 1. The number of rotatable bonds is 7. The number of ether oxygens (including phenoxy) is 2. The van der Waals surface area contributed by atoms with Gasteiger partial charge in [-0.3, -0.25) is 9.59 Å². The van der Waals surface area contributed by atoms with Gasteiger partial charge in [-0.15, -0.1) is 0 Å². The van der Waals surface area contributed by atoms with Crippen molar-refractivity contribution in [2.24, 2.45) is 5.92 Å². The van der Waals surface area contributed by atoms with Crippen LogP contribution in [0.2, 0.25) is 0 Å². The van der Waals surface area contributed by atoms with Crippen molar-refractivity contribution in [1.82, 2.24) is 15.2 Å². The third-order valence-electron chi connectivity index (χ3n) is 5.90. The van der Waals surface area contributed by atoms with Gasteiger partial charge in [-0.25, -0.2) is 4.79 Å². The lowest BCUT2D eigenvalue weighted by molar-refractivity contribution is -0.126. The van der Waals surface area contributed by atoms with Gasteiger partial charge in [0.2, 0.25) is 5.91 Å². The molecule has 1 aromatic heterocycles. The summed E-state index contributed by atoms with van der Waals surface area (Å²) < 4.78 is 10.5. The van der Waals surface area contributed by atoms with Gasteiger partial charge in [0.05, 0.1) is 24.7 Å². The average molecular weight is 456 g/mol. The van der Waals surface area contributed by atoms with Crippen LogP contribution >= 0.6 is 0 Å². The molecule has 178 valence electrons. The molecule has 1 fully saturated rings. The topological polar surface area (TPSA) is 101 Å². The minimum Gasteiger partial charge on any atom is -0.497 e. The van der Waals surface area contributed by atoms with Crippen molar-refractivity contribution < 1.29 is 23.9 Å². The minimum atomic E-state index is -0.440. The average Bonchev–Trinajstić information content (AvgIpc) is 3.10. The van der Waals surface area contributed by atoms with Crippen molar-refractivity contribution in [3.8, 4) is 5.75 Å². The fourth-order valence-corrected chi connectivity index (χ4v) is 4.15. The predicted molar refractivity (Wildman–Crippen MR) is 124 cm³/mol. The smallest absolute Gasteiger partial charge is 0.340 e. The largest absolute Gasteiger partial charge is 0.497 e. The molecular formula is C25H33N3O5. The van der Waals surface area contributed by atoms with Gasteiger partial charge in [-0.05, 0) is 63.8 Å². The van der Waals surface area contributed by atoms with Crippen LogP contribution in [0.5, 0.6) is 5.75 Å². The molecule has 8 heteroatoms. The standard InChI is InChI=1S/C25H33N3O5/c1-15(2)33-25(31)21-16(3)22(27-17(21)4)24(30)28-12-6-7-19(14-28)23(29)26-13-18-8-10-20(32-5)11-9-18/h8-11,15,19,27H,6-7,12-14H2,1-5H3,(H,26,29)/t19-/m0/s1. The van der Waals surface area contributed by atoms with Crippen LogP contribution in [0.25, 0.3) is 0 Å². The molecule has 2 aromatic rings. The molecule has 1 saturated heterocycles. The Hall–Kier alpha value is -3.29. The number of likely N-dealkylation sites (tertiary alicyclic amines) is 1. The number of nitrogens with zero attached hydrogens (tertiary/aromatic N) is 1. The molecular weight excluding hydrogens is 422 g/mol. The number of nitrogens with one attached hydrogen (secondary N) is 2. The van der Waals surface area contributed by atoms with Crippen LogP contribution in [0, 0.1) is 19.8 Å². The SMILES string of the molecule is COc1ccc(CNC(=O)[C@H]2CCCN(C(=O)c3[nH]c(C)c(C(=O)OC(C)C)c3C)C2)cc1. The Bertz CT molecular complexity index is 1010. The monoisotopic (exact) mass is 455 g/mol. The number of hydrogen-bond donors (Lipinski definition) is 2. The third-order valence-corrected chi connectivity index (χ3v) is 5.90. The Labute approximate surface area is 194 Å². The molecule has 1 aliphatic rings. The Morgan fingerprint density at radius 3 is 2.52 bits per heavy atom. The van der Waals surface area contributed by atoms with Gasteiger partial charge in [0.25, 0.3) is 5.91 Å². The quantitative estimate of drug-likeness (QED) is 0.624. The summed E-state index contributed by atoms with van der Waals surface area (Å²) >= 11 is 0. The normalized spacial score (nSPS) is 15.9. The van der Waals surface area contributed by atoms with E-state index in [4.69, 9.17) is 9.47 Å². The molecule has 0 radical (unpaired) electrons. The zero-order valence-corrected chi connectivity index (χ0v) is 20.0. The predicted octanol–water partition coefficient (Wildman–Crippen LogP) is 3.37. The number of benzene rings is 1. The Morgan fingerprint density at radius 1 is 1.18 bits per heavy atom. The van der Waals surface area contributed by atoms with E-state index in [9.17, 15) is 14.4 Å². The molecule has 2 N–H and O–H groups in total. The molecule has 0 unspecified atom stereocenters. The van der Waals surface area contributed by atoms with E-state index >= 15 is 0 Å². The number of amides is 2. The van der Waals surface area contributed by atoms with Gasteiger partial charge >= 0.3 is 5.97 Å². The van der Waals surface area contributed by atoms with Crippen LogP contribution in [-0.2, 0) is 16.1 Å². The van der Waals surface area contributed by atoms with E-state index in [2.05, 4.69) is 10.3 Å². The lowest BCUT2D eigenvalue weighted by Gasteiger charge is -2.32. The summed E-state index contributed by atoms with van der Waals surface area (Å²) in [5, 5.41) is 2.98. The third kappa shape index (κ3) is 5.74. The molecule has 3 rings (SSSR count). The molecule has 1 atom stereocenters.